The van der Waals surface area contributed by atoms with Crippen molar-refractivity contribution in [3.05, 3.63) is 86.6 Å². The molecule has 0 amide bonds. The van der Waals surface area contributed by atoms with Gasteiger partial charge in [-0.05, 0) is 60.7 Å². The first-order chi connectivity index (χ1) is 12.5. The molecule has 0 spiro atoms. The Morgan fingerprint density at radius 1 is 1.04 bits per heavy atom. The number of thiophene rings is 1. The molecule has 2 aromatic carbocycles. The molecule has 0 aliphatic carbocycles. The summed E-state index contributed by atoms with van der Waals surface area (Å²) in [6, 6.07) is 19.0. The summed E-state index contributed by atoms with van der Waals surface area (Å²) in [6.45, 7) is 4.35. The van der Waals surface area contributed by atoms with Crippen LogP contribution in [0.2, 0.25) is 5.02 Å². The molecule has 4 heteroatoms. The molecule has 3 heterocycles. The van der Waals surface area contributed by atoms with Crippen LogP contribution in [0.15, 0.2) is 70.4 Å². The molecule has 0 saturated heterocycles. The Hall–Kier alpha value is -1.68. The summed E-state index contributed by atoms with van der Waals surface area (Å²) in [5.74, 6) is 1.13. The van der Waals surface area contributed by atoms with Crippen LogP contribution in [0.3, 0.4) is 0 Å². The number of hydrogen-bond donors (Lipinski definition) is 0. The van der Waals surface area contributed by atoms with Gasteiger partial charge in [0.2, 0.25) is 0 Å². The van der Waals surface area contributed by atoms with Crippen molar-refractivity contribution in [3.63, 3.8) is 0 Å². The van der Waals surface area contributed by atoms with E-state index in [9.17, 15) is 0 Å². The maximum Gasteiger partial charge on any atom is 0.128 e. The van der Waals surface area contributed by atoms with E-state index in [2.05, 4.69) is 61.7 Å². The van der Waals surface area contributed by atoms with E-state index in [4.69, 9.17) is 16.3 Å². The van der Waals surface area contributed by atoms with E-state index in [0.717, 1.165) is 10.8 Å². The summed E-state index contributed by atoms with van der Waals surface area (Å²) in [5.41, 5.74) is 3.41. The summed E-state index contributed by atoms with van der Waals surface area (Å²) in [7, 11) is 0. The third-order valence-corrected chi connectivity index (χ3v) is 7.41. The molecule has 0 radical (unpaired) electrons. The van der Waals surface area contributed by atoms with Crippen LogP contribution in [0.5, 0.6) is 5.75 Å². The first-order valence-electron chi connectivity index (χ1n) is 8.58. The fourth-order valence-corrected chi connectivity index (χ4v) is 6.37. The summed E-state index contributed by atoms with van der Waals surface area (Å²) in [4.78, 5) is 3.93. The molecule has 2 aliphatic rings. The first-order valence-corrected chi connectivity index (χ1v) is 10.7. The Balaban J connectivity index is 1.84. The zero-order valence-electron chi connectivity index (χ0n) is 14.5. The average Bonchev–Trinajstić information content (AvgIpc) is 3.14. The van der Waals surface area contributed by atoms with Crippen LogP contribution < -0.4 is 4.74 Å². The second kappa shape index (κ2) is 5.91. The quantitative estimate of drug-likeness (QED) is 0.429. The number of halogens is 1. The van der Waals surface area contributed by atoms with Crippen molar-refractivity contribution in [2.45, 2.75) is 30.3 Å². The van der Waals surface area contributed by atoms with Gasteiger partial charge in [-0.15, -0.1) is 11.3 Å². The minimum absolute atomic E-state index is 0.170. The summed E-state index contributed by atoms with van der Waals surface area (Å²) in [5, 5.41) is 2.93. The van der Waals surface area contributed by atoms with Gasteiger partial charge in [0, 0.05) is 31.2 Å². The van der Waals surface area contributed by atoms with Gasteiger partial charge in [-0.25, -0.2) is 0 Å². The standard InChI is InChI=1S/C22H17ClOS2/c1-22(2)20-19(18-8-5-11-25-18)15-12-13(23)9-10-17(15)26-21(20)14-6-3-4-7-16(14)24-22/h3-12,19H,1-2H3. The van der Waals surface area contributed by atoms with E-state index >= 15 is 0 Å². The molecule has 1 unspecified atom stereocenters. The van der Waals surface area contributed by atoms with Gasteiger partial charge in [0.05, 0.1) is 0 Å². The summed E-state index contributed by atoms with van der Waals surface area (Å²) >= 11 is 10.0. The molecule has 2 aliphatic heterocycles. The highest BCUT2D eigenvalue weighted by Crippen LogP contribution is 2.59. The molecule has 0 N–H and O–H groups in total. The Kier molecular flexibility index (Phi) is 3.75. The van der Waals surface area contributed by atoms with Crippen molar-refractivity contribution < 1.29 is 4.74 Å². The zero-order chi connectivity index (χ0) is 17.9. The first kappa shape index (κ1) is 16.5. The lowest BCUT2D eigenvalue weighted by atomic mass is 9.78. The molecular weight excluding hydrogens is 380 g/mol. The van der Waals surface area contributed by atoms with Crippen LogP contribution in [-0.2, 0) is 0 Å². The Labute approximate surface area is 166 Å². The maximum atomic E-state index is 6.46. The second-order valence-corrected chi connectivity index (χ2v) is 9.55. The number of hydrogen-bond acceptors (Lipinski definition) is 3. The fourth-order valence-electron chi connectivity index (χ4n) is 3.93. The van der Waals surface area contributed by atoms with Crippen LogP contribution in [0.4, 0.5) is 0 Å². The highest BCUT2D eigenvalue weighted by Gasteiger charge is 2.44. The van der Waals surface area contributed by atoms with Gasteiger partial charge in [-0.1, -0.05) is 47.6 Å². The zero-order valence-corrected chi connectivity index (χ0v) is 16.8. The number of ether oxygens (including phenoxy) is 1. The smallest absolute Gasteiger partial charge is 0.128 e. The Morgan fingerprint density at radius 2 is 1.88 bits per heavy atom. The van der Waals surface area contributed by atoms with Gasteiger partial charge in [0.25, 0.3) is 0 Å². The molecule has 1 atom stereocenters. The monoisotopic (exact) mass is 396 g/mol. The molecule has 1 aromatic heterocycles. The highest BCUT2D eigenvalue weighted by atomic mass is 35.5. The third-order valence-electron chi connectivity index (χ3n) is 5.00. The Morgan fingerprint density at radius 3 is 2.69 bits per heavy atom. The number of para-hydroxylation sites is 1. The topological polar surface area (TPSA) is 9.23 Å². The van der Waals surface area contributed by atoms with E-state index < -0.39 is 0 Å². The van der Waals surface area contributed by atoms with Crippen molar-refractivity contribution >= 4 is 39.6 Å². The molecular formula is C22H17ClOS2. The van der Waals surface area contributed by atoms with E-state index in [-0.39, 0.29) is 11.5 Å². The van der Waals surface area contributed by atoms with Gasteiger partial charge in [0.1, 0.15) is 11.4 Å². The van der Waals surface area contributed by atoms with E-state index in [1.165, 1.54) is 31.4 Å². The number of thioether (sulfide) groups is 1. The Bertz CT molecular complexity index is 1030. The van der Waals surface area contributed by atoms with E-state index in [1.807, 2.05) is 23.9 Å². The average molecular weight is 397 g/mol. The molecule has 5 rings (SSSR count). The van der Waals surface area contributed by atoms with Crippen LogP contribution >= 0.6 is 34.7 Å². The maximum absolute atomic E-state index is 6.46. The molecule has 0 fully saturated rings. The lowest BCUT2D eigenvalue weighted by Gasteiger charge is -2.43. The predicted octanol–water partition coefficient (Wildman–Crippen LogP) is 7.22. The van der Waals surface area contributed by atoms with Gasteiger partial charge in [0.15, 0.2) is 0 Å². The molecule has 0 saturated carbocycles. The number of rotatable bonds is 1. The largest absolute Gasteiger partial charge is 0.483 e. The van der Waals surface area contributed by atoms with Gasteiger partial charge in [-0.2, -0.15) is 0 Å². The number of benzene rings is 2. The highest BCUT2D eigenvalue weighted by molar-refractivity contribution is 8.08. The normalized spacial score (nSPS) is 20.0. The van der Waals surface area contributed by atoms with Crippen molar-refractivity contribution in [2.75, 3.05) is 0 Å². The fraction of sp³-hybridized carbons (Fsp3) is 0.182. The molecule has 1 nitrogen and oxygen atoms in total. The van der Waals surface area contributed by atoms with Crippen LogP contribution in [0.25, 0.3) is 4.91 Å². The van der Waals surface area contributed by atoms with Crippen molar-refractivity contribution in [2.24, 2.45) is 0 Å². The minimum Gasteiger partial charge on any atom is -0.483 e. The van der Waals surface area contributed by atoms with Gasteiger partial charge in [-0.3, -0.25) is 0 Å². The lowest BCUT2D eigenvalue weighted by Crippen LogP contribution is -2.38. The molecule has 3 aromatic rings. The third kappa shape index (κ3) is 2.45. The van der Waals surface area contributed by atoms with Gasteiger partial charge >= 0.3 is 0 Å². The van der Waals surface area contributed by atoms with Crippen molar-refractivity contribution in [1.82, 2.24) is 0 Å². The number of fused-ring (bicyclic) bond motifs is 3. The second-order valence-electron chi connectivity index (χ2n) is 7.08. The van der Waals surface area contributed by atoms with Crippen LogP contribution in [0.1, 0.15) is 35.8 Å². The van der Waals surface area contributed by atoms with Crippen molar-refractivity contribution in [1.29, 1.82) is 0 Å². The summed E-state index contributed by atoms with van der Waals surface area (Å²) < 4.78 is 6.46. The molecule has 26 heavy (non-hydrogen) atoms. The lowest BCUT2D eigenvalue weighted by molar-refractivity contribution is 0.139. The van der Waals surface area contributed by atoms with E-state index in [0.29, 0.717) is 0 Å². The van der Waals surface area contributed by atoms with E-state index in [1.54, 1.807) is 11.3 Å². The van der Waals surface area contributed by atoms with Crippen molar-refractivity contribution in [3.8, 4) is 5.75 Å². The SMILES string of the molecule is CC1(C)Oc2ccccc2C2=C1C(c1cccs1)c1cc(Cl)ccc1S2. The van der Waals surface area contributed by atoms with Crippen LogP contribution in [0, 0.1) is 0 Å². The van der Waals surface area contributed by atoms with Crippen LogP contribution in [-0.4, -0.2) is 5.60 Å². The summed E-state index contributed by atoms with van der Waals surface area (Å²) in [6.07, 6.45) is 0. The minimum atomic E-state index is -0.384. The molecule has 0 bridgehead atoms. The molecule has 130 valence electrons. The predicted molar refractivity (Wildman–Crippen MR) is 112 cm³/mol. The van der Waals surface area contributed by atoms with Gasteiger partial charge < -0.3 is 4.74 Å².